The van der Waals surface area contributed by atoms with Gasteiger partial charge in [0.15, 0.2) is 6.26 Å². The number of allylic oxidation sites excluding steroid dienone is 1. The number of carbonyl (C=O) groups is 1. The van der Waals surface area contributed by atoms with Crippen molar-refractivity contribution in [1.82, 2.24) is 0 Å². The molecule has 0 aliphatic carbocycles. The van der Waals surface area contributed by atoms with Crippen molar-refractivity contribution >= 4 is 5.97 Å². The first-order chi connectivity index (χ1) is 5.16. The van der Waals surface area contributed by atoms with Crippen molar-refractivity contribution in [2.75, 3.05) is 0 Å². The number of rotatable bonds is 4. The average molecular weight is 155 g/mol. The minimum absolute atomic E-state index is 0.204. The Morgan fingerprint density at radius 2 is 2.27 bits per heavy atom. The highest BCUT2D eigenvalue weighted by atomic mass is 16.5. The fraction of sp³-hybridized carbons (Fsp3) is 0.667. The standard InChI is InChI=1S/C9H15O2/c1-4-5-6-11-9(10)7-8(2)3/h5,8H,4,7H2,1-3H3. The van der Waals surface area contributed by atoms with Gasteiger partial charge in [0.25, 0.3) is 0 Å². The molecule has 0 aromatic carbocycles. The topological polar surface area (TPSA) is 26.3 Å². The van der Waals surface area contributed by atoms with E-state index >= 15 is 0 Å². The lowest BCUT2D eigenvalue weighted by molar-refractivity contribution is -0.139. The van der Waals surface area contributed by atoms with E-state index < -0.39 is 0 Å². The lowest BCUT2D eigenvalue weighted by Crippen LogP contribution is -2.03. The van der Waals surface area contributed by atoms with Gasteiger partial charge in [0, 0.05) is 6.42 Å². The van der Waals surface area contributed by atoms with Gasteiger partial charge in [0.1, 0.15) is 0 Å². The summed E-state index contributed by atoms with van der Waals surface area (Å²) >= 11 is 0. The second-order valence-corrected chi connectivity index (χ2v) is 2.80. The molecule has 2 nitrogen and oxygen atoms in total. The van der Waals surface area contributed by atoms with E-state index in [2.05, 4.69) is 11.0 Å². The molecule has 0 saturated carbocycles. The molecule has 63 valence electrons. The quantitative estimate of drug-likeness (QED) is 0.460. The Morgan fingerprint density at radius 3 is 2.73 bits per heavy atom. The molecule has 0 heterocycles. The van der Waals surface area contributed by atoms with Crippen molar-refractivity contribution in [2.45, 2.75) is 33.6 Å². The molecule has 0 unspecified atom stereocenters. The van der Waals surface area contributed by atoms with Crippen LogP contribution in [-0.2, 0) is 9.53 Å². The van der Waals surface area contributed by atoms with Gasteiger partial charge in [-0.1, -0.05) is 20.8 Å². The third kappa shape index (κ3) is 7.10. The van der Waals surface area contributed by atoms with Crippen LogP contribution in [0.25, 0.3) is 0 Å². The maximum atomic E-state index is 10.8. The fourth-order valence-electron chi connectivity index (χ4n) is 0.566. The van der Waals surface area contributed by atoms with Gasteiger partial charge in [0.05, 0.1) is 0 Å². The minimum atomic E-state index is -0.204. The van der Waals surface area contributed by atoms with E-state index in [-0.39, 0.29) is 5.97 Å². The first-order valence-electron chi connectivity index (χ1n) is 3.93. The molecule has 0 fully saturated rings. The molecule has 0 aliphatic heterocycles. The van der Waals surface area contributed by atoms with Crippen molar-refractivity contribution in [3.63, 3.8) is 0 Å². The molecule has 11 heavy (non-hydrogen) atoms. The molecular weight excluding hydrogens is 140 g/mol. The Labute approximate surface area is 68.2 Å². The van der Waals surface area contributed by atoms with Crippen molar-refractivity contribution in [2.24, 2.45) is 5.92 Å². The van der Waals surface area contributed by atoms with Gasteiger partial charge in [0.2, 0.25) is 0 Å². The normalized spacial score (nSPS) is 10.9. The number of esters is 1. The Balaban J connectivity index is 3.45. The lowest BCUT2D eigenvalue weighted by Gasteiger charge is -2.00. The van der Waals surface area contributed by atoms with Crippen LogP contribution in [0.5, 0.6) is 0 Å². The van der Waals surface area contributed by atoms with Crippen LogP contribution in [-0.4, -0.2) is 5.97 Å². The van der Waals surface area contributed by atoms with Crippen molar-refractivity contribution in [3.05, 3.63) is 12.3 Å². The molecule has 0 spiro atoms. The summed E-state index contributed by atoms with van der Waals surface area (Å²) in [5, 5.41) is 0. The molecular formula is C9H15O2. The Bertz CT molecular complexity index is 136. The molecule has 0 bridgehead atoms. The molecule has 0 aromatic heterocycles. The molecule has 0 aromatic rings. The van der Waals surface area contributed by atoms with Gasteiger partial charge >= 0.3 is 5.97 Å². The number of hydrogen-bond acceptors (Lipinski definition) is 2. The second kappa shape index (κ2) is 5.96. The predicted octanol–water partition coefficient (Wildman–Crippen LogP) is 2.30. The zero-order chi connectivity index (χ0) is 8.69. The fourth-order valence-corrected chi connectivity index (χ4v) is 0.566. The van der Waals surface area contributed by atoms with E-state index in [9.17, 15) is 4.79 Å². The van der Waals surface area contributed by atoms with Crippen molar-refractivity contribution in [3.8, 4) is 0 Å². The summed E-state index contributed by atoms with van der Waals surface area (Å²) in [6.07, 6.45) is 5.46. The Morgan fingerprint density at radius 1 is 1.64 bits per heavy atom. The van der Waals surface area contributed by atoms with E-state index in [1.807, 2.05) is 20.8 Å². The van der Waals surface area contributed by atoms with Gasteiger partial charge in [-0.25, -0.2) is 0 Å². The van der Waals surface area contributed by atoms with Gasteiger partial charge in [-0.2, -0.15) is 0 Å². The number of carbonyl (C=O) groups excluding carboxylic acids is 1. The van der Waals surface area contributed by atoms with Crippen LogP contribution >= 0.6 is 0 Å². The molecule has 0 amide bonds. The highest BCUT2D eigenvalue weighted by Crippen LogP contribution is 2.00. The Hall–Kier alpha value is -0.790. The molecule has 0 N–H and O–H groups in total. The summed E-state index contributed by atoms with van der Waals surface area (Å²) in [4.78, 5) is 10.8. The highest BCUT2D eigenvalue weighted by Gasteiger charge is 2.03. The first kappa shape index (κ1) is 10.2. The largest absolute Gasteiger partial charge is 0.423 e. The SMILES string of the molecule is CC/C=[C]\OC(=O)CC(C)C. The summed E-state index contributed by atoms with van der Waals surface area (Å²) in [5.41, 5.74) is 0. The van der Waals surface area contributed by atoms with E-state index in [1.54, 1.807) is 6.08 Å². The summed E-state index contributed by atoms with van der Waals surface area (Å²) in [6.45, 7) is 5.92. The maximum absolute atomic E-state index is 10.8. The highest BCUT2D eigenvalue weighted by molar-refractivity contribution is 5.69. The molecule has 1 radical (unpaired) electrons. The summed E-state index contributed by atoms with van der Waals surface area (Å²) in [6, 6.07) is 0. The van der Waals surface area contributed by atoms with Gasteiger partial charge in [-0.15, -0.1) is 0 Å². The zero-order valence-corrected chi connectivity index (χ0v) is 7.39. The van der Waals surface area contributed by atoms with E-state index in [0.29, 0.717) is 12.3 Å². The zero-order valence-electron chi connectivity index (χ0n) is 7.39. The third-order valence-corrected chi connectivity index (χ3v) is 1.04. The Kier molecular flexibility index (Phi) is 5.53. The van der Waals surface area contributed by atoms with Gasteiger partial charge in [-0.3, -0.25) is 4.79 Å². The van der Waals surface area contributed by atoms with Gasteiger partial charge < -0.3 is 4.74 Å². The van der Waals surface area contributed by atoms with Crippen LogP contribution in [0, 0.1) is 12.2 Å². The molecule has 0 aliphatic rings. The van der Waals surface area contributed by atoms with Gasteiger partial charge in [-0.05, 0) is 18.4 Å². The second-order valence-electron chi connectivity index (χ2n) is 2.80. The van der Waals surface area contributed by atoms with E-state index in [4.69, 9.17) is 0 Å². The first-order valence-corrected chi connectivity index (χ1v) is 3.93. The van der Waals surface area contributed by atoms with E-state index in [0.717, 1.165) is 6.42 Å². The molecule has 0 rings (SSSR count). The van der Waals surface area contributed by atoms with Crippen molar-refractivity contribution in [1.29, 1.82) is 0 Å². The van der Waals surface area contributed by atoms with Crippen LogP contribution < -0.4 is 0 Å². The number of hydrogen-bond donors (Lipinski definition) is 0. The third-order valence-electron chi connectivity index (χ3n) is 1.04. The molecule has 2 heteroatoms. The van der Waals surface area contributed by atoms with Crippen LogP contribution in [0.1, 0.15) is 33.6 Å². The monoisotopic (exact) mass is 155 g/mol. The predicted molar refractivity (Wildman–Crippen MR) is 43.7 cm³/mol. The lowest BCUT2D eigenvalue weighted by atomic mass is 10.1. The molecule has 0 saturated heterocycles. The molecule has 0 atom stereocenters. The van der Waals surface area contributed by atoms with Crippen LogP contribution in [0.2, 0.25) is 0 Å². The minimum Gasteiger partial charge on any atom is -0.423 e. The van der Waals surface area contributed by atoms with Crippen molar-refractivity contribution < 1.29 is 9.53 Å². The summed E-state index contributed by atoms with van der Waals surface area (Å²) < 4.78 is 4.65. The summed E-state index contributed by atoms with van der Waals surface area (Å²) in [7, 11) is 0. The van der Waals surface area contributed by atoms with Crippen LogP contribution in [0.3, 0.4) is 0 Å². The smallest absolute Gasteiger partial charge is 0.311 e. The maximum Gasteiger partial charge on any atom is 0.311 e. The van der Waals surface area contributed by atoms with E-state index in [1.165, 1.54) is 0 Å². The van der Waals surface area contributed by atoms with Crippen LogP contribution in [0.4, 0.5) is 0 Å². The number of ether oxygens (including phenoxy) is 1. The summed E-state index contributed by atoms with van der Waals surface area (Å²) in [5.74, 6) is 0.149. The average Bonchev–Trinajstić information content (AvgIpc) is 1.86. The van der Waals surface area contributed by atoms with Crippen LogP contribution in [0.15, 0.2) is 6.08 Å².